The number of rotatable bonds is 5. The number of hydrogen-bond donors (Lipinski definition) is 2. The fourth-order valence-corrected chi connectivity index (χ4v) is 2.92. The number of halogens is 1. The van der Waals surface area contributed by atoms with E-state index in [0.29, 0.717) is 11.5 Å². The van der Waals surface area contributed by atoms with Crippen molar-refractivity contribution in [2.24, 2.45) is 0 Å². The second-order valence-corrected chi connectivity index (χ2v) is 6.40. The molecule has 0 radical (unpaired) electrons. The van der Waals surface area contributed by atoms with Crippen LogP contribution in [0.15, 0.2) is 61.2 Å². The van der Waals surface area contributed by atoms with Crippen LogP contribution < -0.4 is 11.1 Å². The number of aryl methyl sites for hydroxylation is 2. The van der Waals surface area contributed by atoms with E-state index in [0.717, 1.165) is 34.8 Å². The minimum absolute atomic E-state index is 0.658. The summed E-state index contributed by atoms with van der Waals surface area (Å²) in [5, 5.41) is 4.00. The number of nitrogen functional groups attached to an aromatic ring is 1. The van der Waals surface area contributed by atoms with Crippen LogP contribution in [0.4, 0.5) is 17.2 Å². The molecule has 6 nitrogen and oxygen atoms in total. The van der Waals surface area contributed by atoms with Crippen LogP contribution in [0.25, 0.3) is 11.2 Å². The molecule has 4 aromatic rings. The van der Waals surface area contributed by atoms with Crippen LogP contribution in [0.5, 0.6) is 0 Å². The number of hydrogen-bond acceptors (Lipinski definition) is 5. The highest BCUT2D eigenvalue weighted by Gasteiger charge is 2.10. The van der Waals surface area contributed by atoms with Crippen molar-refractivity contribution in [2.45, 2.75) is 13.0 Å². The van der Waals surface area contributed by atoms with E-state index < -0.39 is 0 Å². The zero-order chi connectivity index (χ0) is 17.9. The molecule has 0 aliphatic rings. The molecule has 0 bridgehead atoms. The molecule has 0 amide bonds. The summed E-state index contributed by atoms with van der Waals surface area (Å²) in [5.41, 5.74) is 10.1. The van der Waals surface area contributed by atoms with E-state index in [1.54, 1.807) is 6.33 Å². The van der Waals surface area contributed by atoms with E-state index in [1.807, 2.05) is 53.1 Å². The Morgan fingerprint density at radius 2 is 1.88 bits per heavy atom. The van der Waals surface area contributed by atoms with Crippen molar-refractivity contribution in [1.29, 1.82) is 0 Å². The van der Waals surface area contributed by atoms with Crippen LogP contribution in [-0.4, -0.2) is 19.5 Å². The number of imidazole rings is 1. The third-order valence-corrected chi connectivity index (χ3v) is 4.36. The van der Waals surface area contributed by atoms with Gasteiger partial charge in [-0.3, -0.25) is 0 Å². The summed E-state index contributed by atoms with van der Waals surface area (Å²) in [6.45, 7) is 0.771. The van der Waals surface area contributed by atoms with Gasteiger partial charge in [0.1, 0.15) is 6.33 Å². The lowest BCUT2D eigenvalue weighted by Crippen LogP contribution is -2.02. The molecule has 2 aromatic carbocycles. The third kappa shape index (κ3) is 3.45. The fraction of sp³-hybridized carbons (Fsp3) is 0.105. The van der Waals surface area contributed by atoms with Gasteiger partial charge in [0.05, 0.1) is 6.33 Å². The van der Waals surface area contributed by atoms with Gasteiger partial charge in [-0.05, 0) is 42.3 Å². The average Bonchev–Trinajstić information content (AvgIpc) is 3.06. The topological polar surface area (TPSA) is 81.7 Å². The van der Waals surface area contributed by atoms with Crippen LogP contribution in [0, 0.1) is 0 Å². The van der Waals surface area contributed by atoms with E-state index in [1.165, 1.54) is 11.9 Å². The Balaban J connectivity index is 1.57. The minimum atomic E-state index is 0.658. The molecule has 3 N–H and O–H groups in total. The molecule has 130 valence electrons. The van der Waals surface area contributed by atoms with Crippen LogP contribution in [0.2, 0.25) is 5.02 Å². The first-order valence-corrected chi connectivity index (χ1v) is 8.60. The van der Waals surface area contributed by atoms with Gasteiger partial charge >= 0.3 is 0 Å². The average molecular weight is 365 g/mol. The summed E-state index contributed by atoms with van der Waals surface area (Å²) >= 11 is 5.94. The number of nitrogens with one attached hydrogen (secondary N) is 1. The zero-order valence-corrected chi connectivity index (χ0v) is 14.7. The first-order chi connectivity index (χ1) is 12.7. The standard InChI is InChI=1S/C19H17ClN6/c20-14-6-4-13(5-7-14)8-9-26-12-24-17-18(22-11-23-19(17)26)25-16-3-1-2-15(21)10-16/h1-7,10-12H,8-9,21H2,(H,22,23,25). The number of benzene rings is 2. The lowest BCUT2D eigenvalue weighted by molar-refractivity contribution is 0.709. The van der Waals surface area contributed by atoms with Gasteiger partial charge in [0, 0.05) is 22.9 Å². The van der Waals surface area contributed by atoms with E-state index in [9.17, 15) is 0 Å². The van der Waals surface area contributed by atoms with E-state index in [2.05, 4.69) is 20.3 Å². The molecule has 0 saturated carbocycles. The molecular weight excluding hydrogens is 348 g/mol. The van der Waals surface area contributed by atoms with Crippen molar-refractivity contribution in [3.8, 4) is 0 Å². The normalized spacial score (nSPS) is 11.0. The fourth-order valence-electron chi connectivity index (χ4n) is 2.79. The number of nitrogens with two attached hydrogens (primary N) is 1. The number of fused-ring (bicyclic) bond motifs is 1. The maximum Gasteiger partial charge on any atom is 0.165 e. The van der Waals surface area contributed by atoms with Gasteiger partial charge < -0.3 is 15.6 Å². The number of aromatic nitrogens is 4. The Kier molecular flexibility index (Phi) is 4.41. The predicted octanol–water partition coefficient (Wildman–Crippen LogP) is 4.05. The van der Waals surface area contributed by atoms with Gasteiger partial charge in [-0.2, -0.15) is 0 Å². The maximum absolute atomic E-state index is 5.94. The van der Waals surface area contributed by atoms with Crippen LogP contribution >= 0.6 is 11.6 Å². The quantitative estimate of drug-likeness (QED) is 0.522. The molecule has 2 aromatic heterocycles. The zero-order valence-electron chi connectivity index (χ0n) is 13.9. The molecular formula is C19H17ClN6. The predicted molar refractivity (Wildman–Crippen MR) is 105 cm³/mol. The Hall–Kier alpha value is -3.12. The number of anilines is 3. The summed E-state index contributed by atoms with van der Waals surface area (Å²) in [6.07, 6.45) is 4.20. The second-order valence-electron chi connectivity index (χ2n) is 5.96. The van der Waals surface area contributed by atoms with Crippen molar-refractivity contribution in [3.05, 3.63) is 71.8 Å². The smallest absolute Gasteiger partial charge is 0.165 e. The summed E-state index contributed by atoms with van der Waals surface area (Å²) in [5.74, 6) is 0.658. The van der Waals surface area contributed by atoms with Crippen LogP contribution in [0.1, 0.15) is 5.56 Å². The summed E-state index contributed by atoms with van der Waals surface area (Å²) in [6, 6.07) is 15.4. The SMILES string of the molecule is Nc1cccc(Nc2ncnc3c2ncn3CCc2ccc(Cl)cc2)c1. The van der Waals surface area contributed by atoms with E-state index >= 15 is 0 Å². The van der Waals surface area contributed by atoms with Crippen LogP contribution in [-0.2, 0) is 13.0 Å². The highest BCUT2D eigenvalue weighted by molar-refractivity contribution is 6.30. The first-order valence-electron chi connectivity index (χ1n) is 8.22. The van der Waals surface area contributed by atoms with E-state index in [4.69, 9.17) is 17.3 Å². The summed E-state index contributed by atoms with van der Waals surface area (Å²) in [4.78, 5) is 13.2. The van der Waals surface area contributed by atoms with Gasteiger partial charge in [0.25, 0.3) is 0 Å². The van der Waals surface area contributed by atoms with Crippen molar-refractivity contribution in [1.82, 2.24) is 19.5 Å². The highest BCUT2D eigenvalue weighted by Crippen LogP contribution is 2.23. The molecule has 0 aliphatic carbocycles. The van der Waals surface area contributed by atoms with E-state index in [-0.39, 0.29) is 0 Å². The van der Waals surface area contributed by atoms with Crippen molar-refractivity contribution < 1.29 is 0 Å². The Labute approximate surface area is 155 Å². The highest BCUT2D eigenvalue weighted by atomic mass is 35.5. The lowest BCUT2D eigenvalue weighted by Gasteiger charge is -2.07. The molecule has 0 saturated heterocycles. The van der Waals surface area contributed by atoms with Crippen molar-refractivity contribution >= 4 is 40.0 Å². The molecule has 0 unspecified atom stereocenters. The monoisotopic (exact) mass is 364 g/mol. The van der Waals surface area contributed by atoms with Crippen molar-refractivity contribution in [2.75, 3.05) is 11.1 Å². The maximum atomic E-state index is 5.94. The molecule has 0 atom stereocenters. The van der Waals surface area contributed by atoms with Gasteiger partial charge in [0.2, 0.25) is 0 Å². The first kappa shape index (κ1) is 16.4. The molecule has 0 aliphatic heterocycles. The van der Waals surface area contributed by atoms with Gasteiger partial charge in [0.15, 0.2) is 17.0 Å². The molecule has 26 heavy (non-hydrogen) atoms. The van der Waals surface area contributed by atoms with Gasteiger partial charge in [-0.15, -0.1) is 0 Å². The lowest BCUT2D eigenvalue weighted by atomic mass is 10.1. The second kappa shape index (κ2) is 7.01. The third-order valence-electron chi connectivity index (χ3n) is 4.11. The number of nitrogens with zero attached hydrogens (tertiary/aromatic N) is 4. The summed E-state index contributed by atoms with van der Waals surface area (Å²) in [7, 11) is 0. The molecule has 4 rings (SSSR count). The largest absolute Gasteiger partial charge is 0.399 e. The Morgan fingerprint density at radius 3 is 2.69 bits per heavy atom. The molecule has 0 spiro atoms. The Morgan fingerprint density at radius 1 is 1.04 bits per heavy atom. The summed E-state index contributed by atoms with van der Waals surface area (Å²) < 4.78 is 2.02. The van der Waals surface area contributed by atoms with Crippen LogP contribution in [0.3, 0.4) is 0 Å². The van der Waals surface area contributed by atoms with Gasteiger partial charge in [-0.1, -0.05) is 29.8 Å². The minimum Gasteiger partial charge on any atom is -0.399 e. The van der Waals surface area contributed by atoms with Crippen molar-refractivity contribution in [3.63, 3.8) is 0 Å². The molecule has 7 heteroatoms. The molecule has 2 heterocycles. The Bertz CT molecular complexity index is 1040. The van der Waals surface area contributed by atoms with Gasteiger partial charge in [-0.25, -0.2) is 15.0 Å². The molecule has 0 fully saturated rings.